The Kier molecular flexibility index (Phi) is 18.0. The molecule has 18 heteroatoms. The first-order chi connectivity index (χ1) is 24.5. The third-order valence-electron chi connectivity index (χ3n) is 8.18. The van der Waals surface area contributed by atoms with Crippen molar-refractivity contribution in [2.45, 2.75) is 48.3 Å². The summed E-state index contributed by atoms with van der Waals surface area (Å²) in [5, 5.41) is 34.9. The molecule has 0 radical (unpaired) electrons. The number of rotatable bonds is 23. The molecule has 52 heavy (non-hydrogen) atoms. The molecular weight excluding hydrogens is 717 g/mol. The summed E-state index contributed by atoms with van der Waals surface area (Å²) in [4.78, 5) is 49.0. The van der Waals surface area contributed by atoms with E-state index in [4.69, 9.17) is 29.8 Å². The number of carbonyl (C=O) groups is 2. The number of nitro groups is 2. The summed E-state index contributed by atoms with van der Waals surface area (Å²) in [7, 11) is 13.6. The molecule has 0 fully saturated rings. The summed E-state index contributed by atoms with van der Waals surface area (Å²) in [6.45, 7) is 3.25. The number of nitro benzene ring substituents is 2. The number of hydrogen-bond donors (Lipinski definition) is 2. The van der Waals surface area contributed by atoms with Gasteiger partial charge < -0.3 is 27.9 Å². The molecule has 0 unspecified atom stereocenters. The second-order valence-electron chi connectivity index (χ2n) is 13.3. The number of carbonyl (C=O) groups excluding carboxylic acids is 2. The van der Waals surface area contributed by atoms with Crippen molar-refractivity contribution in [2.75, 3.05) is 81.8 Å². The summed E-state index contributed by atoms with van der Waals surface area (Å²) < 4.78 is 22.2. The highest BCUT2D eigenvalue weighted by Crippen LogP contribution is 2.40. The molecule has 2 aromatic carbocycles. The number of quaternary nitrogens is 2. The first kappa shape index (κ1) is 43.9. The molecule has 0 heterocycles. The maximum atomic E-state index is 13.0. The number of nitrogens with zero attached hydrogens (tertiary/aromatic N) is 4. The molecule has 0 saturated carbocycles. The molecular formula is C34H52N6O10S2+4. The summed E-state index contributed by atoms with van der Waals surface area (Å²) in [5.41, 5.74) is -1.16. The van der Waals surface area contributed by atoms with Crippen molar-refractivity contribution < 1.29 is 58.2 Å². The molecule has 0 aromatic heterocycles. The van der Waals surface area contributed by atoms with E-state index in [0.717, 1.165) is 47.5 Å². The summed E-state index contributed by atoms with van der Waals surface area (Å²) in [6.07, 6.45) is 4.05. The van der Waals surface area contributed by atoms with Crippen LogP contribution in [0, 0.1) is 20.2 Å². The fourth-order valence-electron chi connectivity index (χ4n) is 5.14. The maximum Gasteiger partial charge on any atom is 0.345 e. The lowest BCUT2D eigenvalue weighted by Crippen LogP contribution is -2.44. The van der Waals surface area contributed by atoms with Crippen molar-refractivity contribution in [3.63, 3.8) is 0 Å². The van der Waals surface area contributed by atoms with Gasteiger partial charge in [0, 0.05) is 47.6 Å². The van der Waals surface area contributed by atoms with Crippen molar-refractivity contribution in [3.05, 3.63) is 67.8 Å². The van der Waals surface area contributed by atoms with Crippen LogP contribution in [0.25, 0.3) is 0 Å². The van der Waals surface area contributed by atoms with Gasteiger partial charge in [-0.1, -0.05) is 21.6 Å². The number of hydrogen-bond acceptors (Lipinski definition) is 12. The van der Waals surface area contributed by atoms with Crippen molar-refractivity contribution >= 4 is 56.7 Å². The molecule has 16 nitrogen and oxygen atoms in total. The predicted octanol–water partition coefficient (Wildman–Crippen LogP) is 2.72. The second-order valence-corrected chi connectivity index (χ2v) is 15.6. The fourth-order valence-corrected chi connectivity index (χ4v) is 7.11. The zero-order valence-electron chi connectivity index (χ0n) is 30.8. The van der Waals surface area contributed by atoms with Gasteiger partial charge in [-0.2, -0.15) is 0 Å². The zero-order chi connectivity index (χ0) is 38.9. The molecule has 2 rings (SSSR count). The molecule has 0 saturated heterocycles. The number of methoxy groups -OCH3 is 2. The monoisotopic (exact) mass is 768 g/mol. The van der Waals surface area contributed by atoms with E-state index in [2.05, 4.69) is 28.2 Å². The molecule has 2 aromatic rings. The molecule has 0 amide bonds. The van der Waals surface area contributed by atoms with Gasteiger partial charge in [0.15, 0.2) is 0 Å². The number of ether oxygens (including phenoxy) is 4. The van der Waals surface area contributed by atoms with E-state index >= 15 is 0 Å². The highest BCUT2D eigenvalue weighted by Gasteiger charge is 2.25. The van der Waals surface area contributed by atoms with E-state index in [9.17, 15) is 29.8 Å². The van der Waals surface area contributed by atoms with Crippen LogP contribution in [0.5, 0.6) is 0 Å². The summed E-state index contributed by atoms with van der Waals surface area (Å²) >= 11 is 0. The lowest BCUT2D eigenvalue weighted by molar-refractivity contribution is -0.890. The topological polar surface area (TPSA) is 209 Å². The minimum Gasteiger partial charge on any atom is -0.462 e. The van der Waals surface area contributed by atoms with Crippen molar-refractivity contribution in [3.8, 4) is 0 Å². The van der Waals surface area contributed by atoms with Gasteiger partial charge in [0.05, 0.1) is 104 Å². The van der Waals surface area contributed by atoms with E-state index < -0.39 is 21.8 Å². The normalized spacial score (nSPS) is 11.4. The van der Waals surface area contributed by atoms with E-state index in [1.165, 1.54) is 50.6 Å². The van der Waals surface area contributed by atoms with Gasteiger partial charge in [0.2, 0.25) is 0 Å². The summed E-state index contributed by atoms with van der Waals surface area (Å²) in [6, 6.07) is 8.19. The van der Waals surface area contributed by atoms with Crippen LogP contribution in [0.15, 0.2) is 46.2 Å². The fraction of sp³-hybridized carbons (Fsp3) is 0.529. The summed E-state index contributed by atoms with van der Waals surface area (Å²) in [5.74, 6) is -0.680. The molecule has 0 aliphatic heterocycles. The predicted molar refractivity (Wildman–Crippen MR) is 198 cm³/mol. The van der Waals surface area contributed by atoms with Crippen molar-refractivity contribution in [1.82, 2.24) is 0 Å². The molecule has 0 bridgehead atoms. The average Bonchev–Trinajstić information content (AvgIpc) is 3.10. The Morgan fingerprint density at radius 3 is 1.33 bits per heavy atom. The Morgan fingerprint density at radius 1 is 0.654 bits per heavy atom. The SMILES string of the molecule is COC(=[NH2+])CCC[N+](C)(C)CCCOC(=O)c1cc(SSc2ccc([N+](=O)[O-])c(C(=O)OCCC[N+](C)(C)CCCC(=[NH2+])OC)c2)ccc1[N+](=O)[O-]. The maximum absolute atomic E-state index is 13.0. The van der Waals surface area contributed by atoms with E-state index in [1.54, 1.807) is 0 Å². The Labute approximate surface area is 312 Å². The largest absolute Gasteiger partial charge is 0.462 e. The van der Waals surface area contributed by atoms with Crippen molar-refractivity contribution in [2.24, 2.45) is 0 Å². The van der Waals surface area contributed by atoms with Crippen molar-refractivity contribution in [1.29, 1.82) is 0 Å². The Balaban J connectivity index is 2.01. The van der Waals surface area contributed by atoms with Crippen LogP contribution in [-0.4, -0.2) is 124 Å². The number of esters is 2. The van der Waals surface area contributed by atoms with Crippen LogP contribution in [0.4, 0.5) is 11.4 Å². The average molecular weight is 769 g/mol. The minimum atomic E-state index is -0.816. The zero-order valence-corrected chi connectivity index (χ0v) is 32.4. The van der Waals surface area contributed by atoms with Crippen LogP contribution in [0.2, 0.25) is 0 Å². The second kappa shape index (κ2) is 21.3. The third-order valence-corrected chi connectivity index (χ3v) is 10.6. The van der Waals surface area contributed by atoms with Gasteiger partial charge in [0.25, 0.3) is 11.4 Å². The minimum absolute atomic E-state index is 0.0813. The first-order valence-electron chi connectivity index (χ1n) is 16.7. The van der Waals surface area contributed by atoms with Crippen LogP contribution in [0.1, 0.15) is 59.2 Å². The van der Waals surface area contributed by atoms with Gasteiger partial charge in [-0.05, 0) is 24.3 Å². The Hall–Kier alpha value is -4.26. The number of nitrogens with two attached hydrogens (primary N) is 2. The van der Waals surface area contributed by atoms with Gasteiger partial charge in [-0.25, -0.2) is 20.4 Å². The molecule has 0 aliphatic carbocycles. The third kappa shape index (κ3) is 15.5. The highest BCUT2D eigenvalue weighted by molar-refractivity contribution is 8.76. The standard InChI is InChI=1S/C34H50N6O10S2/c1-39(2,17-7-11-31(35)47-5)19-9-21-49-33(41)27-23-25(13-15-29(27)37(43)44)51-52-26-14-16-30(38(45)46)28(24-26)34(42)50-22-10-20-40(3,4)18-8-12-32(36)48-6/h13-16,23-24,35-36H,7-12,17-22H2,1-6H3/q+2/p+2. The van der Waals surface area contributed by atoms with Crippen LogP contribution in [0.3, 0.4) is 0 Å². The van der Waals surface area contributed by atoms with Crippen LogP contribution in [-0.2, 0) is 18.9 Å². The molecule has 4 N–H and O–H groups in total. The van der Waals surface area contributed by atoms with Crippen LogP contribution >= 0.6 is 21.6 Å². The van der Waals surface area contributed by atoms with Gasteiger partial charge in [-0.15, -0.1) is 0 Å². The molecule has 0 aliphatic rings. The Morgan fingerprint density at radius 2 is 1.00 bits per heavy atom. The number of benzene rings is 2. The van der Waals surface area contributed by atoms with Gasteiger partial charge in [0.1, 0.15) is 11.1 Å². The van der Waals surface area contributed by atoms with E-state index in [-0.39, 0.29) is 35.7 Å². The van der Waals surface area contributed by atoms with E-state index in [1.807, 2.05) is 0 Å². The lowest BCUT2D eigenvalue weighted by atomic mass is 10.2. The van der Waals surface area contributed by atoms with Gasteiger partial charge in [-0.3, -0.25) is 20.2 Å². The lowest BCUT2D eigenvalue weighted by Gasteiger charge is -2.29. The van der Waals surface area contributed by atoms with Crippen LogP contribution < -0.4 is 10.8 Å². The Bertz CT molecular complexity index is 1470. The quantitative estimate of drug-likeness (QED) is 0.0245. The smallest absolute Gasteiger partial charge is 0.345 e. The highest BCUT2D eigenvalue weighted by atomic mass is 33.1. The molecule has 286 valence electrons. The molecule has 0 atom stereocenters. The first-order valence-corrected chi connectivity index (χ1v) is 18.8. The van der Waals surface area contributed by atoms with E-state index in [0.29, 0.717) is 69.3 Å². The van der Waals surface area contributed by atoms with Gasteiger partial charge >= 0.3 is 23.7 Å². The molecule has 0 spiro atoms.